The van der Waals surface area contributed by atoms with Crippen LogP contribution in [0.15, 0.2) is 182 Å². The van der Waals surface area contributed by atoms with Crippen LogP contribution in [0.2, 0.25) is 0 Å². The molecule has 1 aliphatic rings. The van der Waals surface area contributed by atoms with E-state index in [2.05, 4.69) is 196 Å². The summed E-state index contributed by atoms with van der Waals surface area (Å²) in [5, 5.41) is 7.61. The molecule has 0 atom stereocenters. The Balaban J connectivity index is 1.34. The fourth-order valence-electron chi connectivity index (χ4n) is 8.87. The van der Waals surface area contributed by atoms with Crippen molar-refractivity contribution in [3.8, 4) is 55.6 Å². The van der Waals surface area contributed by atoms with Crippen LogP contribution in [0.3, 0.4) is 0 Å². The van der Waals surface area contributed by atoms with Gasteiger partial charge in [-0.2, -0.15) is 0 Å². The van der Waals surface area contributed by atoms with Gasteiger partial charge in [0.1, 0.15) is 0 Å². The Morgan fingerprint density at radius 1 is 0.294 bits per heavy atom. The Labute approximate surface area is 299 Å². The van der Waals surface area contributed by atoms with Crippen LogP contribution in [0, 0.1) is 0 Å². The molecular weight excluding hydrogens is 613 g/mol. The van der Waals surface area contributed by atoms with Gasteiger partial charge in [0.15, 0.2) is 0 Å². The van der Waals surface area contributed by atoms with E-state index in [0.717, 1.165) is 0 Å². The first-order valence-electron chi connectivity index (χ1n) is 17.9. The smallest absolute Gasteiger partial charge is 0.0159 e. The highest BCUT2D eigenvalue weighted by atomic mass is 14.4. The quantitative estimate of drug-likeness (QED) is 0.167. The summed E-state index contributed by atoms with van der Waals surface area (Å²) in [6.07, 6.45) is 0. The van der Waals surface area contributed by atoms with Crippen LogP contribution in [-0.2, 0) is 5.41 Å². The third-order valence-corrected chi connectivity index (χ3v) is 11.3. The van der Waals surface area contributed by atoms with E-state index in [1.807, 2.05) is 0 Å². The van der Waals surface area contributed by atoms with Crippen LogP contribution in [0.4, 0.5) is 0 Å². The van der Waals surface area contributed by atoms with Crippen molar-refractivity contribution >= 4 is 32.3 Å². The van der Waals surface area contributed by atoms with E-state index in [1.165, 1.54) is 99.1 Å². The van der Waals surface area contributed by atoms with Crippen LogP contribution >= 0.6 is 0 Å². The maximum absolute atomic E-state index is 2.47. The maximum Gasteiger partial charge on any atom is 0.0159 e. The number of rotatable bonds is 4. The van der Waals surface area contributed by atoms with E-state index in [9.17, 15) is 0 Å². The molecule has 9 aromatic carbocycles. The second-order valence-corrected chi connectivity index (χ2v) is 14.4. The lowest BCUT2D eigenvalue weighted by Gasteiger charge is -2.23. The Hall–Kier alpha value is -6.24. The van der Waals surface area contributed by atoms with Crippen molar-refractivity contribution in [3.05, 3.63) is 193 Å². The molecule has 0 amide bonds. The minimum Gasteiger partial charge on any atom is -0.0622 e. The van der Waals surface area contributed by atoms with Crippen molar-refractivity contribution in [3.63, 3.8) is 0 Å². The number of hydrogen-bond acceptors (Lipinski definition) is 0. The van der Waals surface area contributed by atoms with Gasteiger partial charge in [-0.1, -0.05) is 184 Å². The Morgan fingerprint density at radius 2 is 0.863 bits per heavy atom. The molecule has 0 N–H and O–H groups in total. The lowest BCUT2D eigenvalue weighted by Crippen LogP contribution is -2.14. The summed E-state index contributed by atoms with van der Waals surface area (Å²) in [7, 11) is 0. The van der Waals surface area contributed by atoms with E-state index < -0.39 is 0 Å². The van der Waals surface area contributed by atoms with Gasteiger partial charge < -0.3 is 0 Å². The molecule has 0 unspecified atom stereocenters. The van der Waals surface area contributed by atoms with Crippen LogP contribution < -0.4 is 0 Å². The third kappa shape index (κ3) is 4.53. The molecule has 0 nitrogen and oxygen atoms in total. The molecule has 240 valence electrons. The Kier molecular flexibility index (Phi) is 6.63. The number of fused-ring (bicyclic) bond motifs is 6. The molecule has 0 heterocycles. The fourth-order valence-corrected chi connectivity index (χ4v) is 8.87. The van der Waals surface area contributed by atoms with Gasteiger partial charge in [0.25, 0.3) is 0 Å². The average molecular weight is 649 g/mol. The molecule has 0 saturated heterocycles. The zero-order chi connectivity index (χ0) is 34.1. The summed E-state index contributed by atoms with van der Waals surface area (Å²) in [6, 6.07) is 67.4. The monoisotopic (exact) mass is 648 g/mol. The van der Waals surface area contributed by atoms with Crippen molar-refractivity contribution < 1.29 is 0 Å². The molecule has 0 heteroatoms. The summed E-state index contributed by atoms with van der Waals surface area (Å²) in [6.45, 7) is 4.75. The summed E-state index contributed by atoms with van der Waals surface area (Å²) in [5.41, 5.74) is 15.4. The van der Waals surface area contributed by atoms with Gasteiger partial charge in [-0.05, 0) is 111 Å². The average Bonchev–Trinajstić information content (AvgIpc) is 3.43. The lowest BCUT2D eigenvalue weighted by molar-refractivity contribution is 0.660. The van der Waals surface area contributed by atoms with Crippen molar-refractivity contribution in [1.82, 2.24) is 0 Å². The largest absolute Gasteiger partial charge is 0.0622 e. The minimum absolute atomic E-state index is 0.0839. The second kappa shape index (κ2) is 11.4. The molecule has 0 aromatic heterocycles. The van der Waals surface area contributed by atoms with Gasteiger partial charge in [0.2, 0.25) is 0 Å². The zero-order valence-electron chi connectivity index (χ0n) is 28.8. The van der Waals surface area contributed by atoms with Crippen molar-refractivity contribution in [2.75, 3.05) is 0 Å². The molecule has 1 aliphatic carbocycles. The molecule has 51 heavy (non-hydrogen) atoms. The van der Waals surface area contributed by atoms with E-state index >= 15 is 0 Å². The van der Waals surface area contributed by atoms with E-state index in [0.29, 0.717) is 0 Å². The van der Waals surface area contributed by atoms with Crippen LogP contribution in [-0.4, -0.2) is 0 Å². The molecule has 0 aliphatic heterocycles. The molecule has 0 spiro atoms. The normalized spacial score (nSPS) is 13.1. The van der Waals surface area contributed by atoms with E-state index in [-0.39, 0.29) is 5.41 Å². The van der Waals surface area contributed by atoms with Crippen LogP contribution in [0.25, 0.3) is 88.0 Å². The van der Waals surface area contributed by atoms with E-state index in [4.69, 9.17) is 0 Å². The van der Waals surface area contributed by atoms with Gasteiger partial charge in [0.05, 0.1) is 0 Å². The first-order valence-corrected chi connectivity index (χ1v) is 17.9. The summed E-state index contributed by atoms with van der Waals surface area (Å²) in [5.74, 6) is 0. The van der Waals surface area contributed by atoms with Crippen molar-refractivity contribution in [2.45, 2.75) is 19.3 Å². The van der Waals surface area contributed by atoms with Crippen LogP contribution in [0.1, 0.15) is 25.0 Å². The summed E-state index contributed by atoms with van der Waals surface area (Å²) < 4.78 is 0. The fraction of sp³-hybridized carbons (Fsp3) is 0.0588. The highest BCUT2D eigenvalue weighted by Crippen LogP contribution is 2.54. The molecular formula is C51H36. The SMILES string of the molecule is CC1(C)c2ccccc2-c2c(-c3c4ccccc4c(-c4cccc(-c5ccccc5)c4)c4ccc(-c5cccc6ccccc56)cc34)cccc21. The topological polar surface area (TPSA) is 0 Å². The molecule has 0 fully saturated rings. The standard InChI is InChI=1S/C51H36/c1-51(2)46-27-11-10-24-43(46)50-44(26-14-28-47(50)51)49-41-23-9-8-22-40(41)48(37-20-12-19-35(31-37)33-15-4-3-5-16-33)42-30-29-36(32-45(42)49)39-25-13-18-34-17-6-7-21-38(34)39/h3-32H,1-2H3. The lowest BCUT2D eigenvalue weighted by atomic mass is 9.80. The maximum atomic E-state index is 2.47. The van der Waals surface area contributed by atoms with Gasteiger partial charge in [-0.15, -0.1) is 0 Å². The summed E-state index contributed by atoms with van der Waals surface area (Å²) in [4.78, 5) is 0. The predicted octanol–water partition coefficient (Wildman–Crippen LogP) is 14.1. The van der Waals surface area contributed by atoms with Gasteiger partial charge in [-0.3, -0.25) is 0 Å². The third-order valence-electron chi connectivity index (χ3n) is 11.3. The predicted molar refractivity (Wildman–Crippen MR) is 218 cm³/mol. The number of hydrogen-bond donors (Lipinski definition) is 0. The highest BCUT2D eigenvalue weighted by Gasteiger charge is 2.37. The van der Waals surface area contributed by atoms with Crippen molar-refractivity contribution in [1.29, 1.82) is 0 Å². The molecule has 0 radical (unpaired) electrons. The van der Waals surface area contributed by atoms with Gasteiger partial charge in [0, 0.05) is 5.41 Å². The molecule has 10 rings (SSSR count). The van der Waals surface area contributed by atoms with Gasteiger partial charge in [-0.25, -0.2) is 0 Å². The molecule has 9 aromatic rings. The number of benzene rings is 9. The van der Waals surface area contributed by atoms with Gasteiger partial charge >= 0.3 is 0 Å². The minimum atomic E-state index is -0.0839. The highest BCUT2D eigenvalue weighted by molar-refractivity contribution is 6.23. The molecule has 0 saturated carbocycles. The second-order valence-electron chi connectivity index (χ2n) is 14.4. The summed E-state index contributed by atoms with van der Waals surface area (Å²) >= 11 is 0. The molecule has 0 bridgehead atoms. The van der Waals surface area contributed by atoms with Crippen molar-refractivity contribution in [2.24, 2.45) is 0 Å². The Morgan fingerprint density at radius 3 is 1.73 bits per heavy atom. The zero-order valence-corrected chi connectivity index (χ0v) is 28.8. The first kappa shape index (κ1) is 29.7. The van der Waals surface area contributed by atoms with Crippen LogP contribution in [0.5, 0.6) is 0 Å². The first-order chi connectivity index (χ1) is 25.1. The van der Waals surface area contributed by atoms with E-state index in [1.54, 1.807) is 0 Å². The Bertz CT molecular complexity index is 2810.